The van der Waals surface area contributed by atoms with Crippen molar-refractivity contribution in [3.63, 3.8) is 0 Å². The molecule has 0 saturated heterocycles. The molecular weight excluding hydrogens is 400 g/mol. The summed E-state index contributed by atoms with van der Waals surface area (Å²) >= 11 is 0. The highest BCUT2D eigenvalue weighted by molar-refractivity contribution is 5.75. The van der Waals surface area contributed by atoms with Gasteiger partial charge in [-0.25, -0.2) is 0 Å². The molecule has 178 valence electrons. The van der Waals surface area contributed by atoms with Gasteiger partial charge in [0.05, 0.1) is 6.61 Å². The van der Waals surface area contributed by atoms with Gasteiger partial charge in [0, 0.05) is 6.54 Å². The largest absolute Gasteiger partial charge is 0.480 e. The summed E-state index contributed by atoms with van der Waals surface area (Å²) in [6, 6.07) is -2.56. The number of rotatable bonds is 13. The number of nitrogens with zero attached hydrogens (tertiary/aromatic N) is 1. The van der Waals surface area contributed by atoms with Crippen LogP contribution in [0.15, 0.2) is 4.99 Å². The number of guanidine groups is 1. The molecule has 3 atom stereocenters. The van der Waals surface area contributed by atoms with Crippen LogP contribution in [0.2, 0.25) is 0 Å². The fraction of sp³-hybridized carbons (Fsp3) is 0.765. The zero-order valence-electron chi connectivity index (χ0n) is 17.4. The number of unbranched alkanes of at least 4 members (excludes halogenated alkanes) is 3. The second-order valence-corrected chi connectivity index (χ2v) is 6.31. The minimum atomic E-state index is -1.18. The first-order valence-corrected chi connectivity index (χ1v) is 9.51. The molecule has 0 rings (SSSR count). The molecule has 0 aliphatic rings. The van der Waals surface area contributed by atoms with E-state index in [0.29, 0.717) is 25.8 Å². The zero-order chi connectivity index (χ0) is 24.1. The van der Waals surface area contributed by atoms with Crippen molar-refractivity contribution in [1.82, 2.24) is 0 Å². The lowest BCUT2D eigenvalue weighted by molar-refractivity contribution is -0.140. The predicted octanol–water partition coefficient (Wildman–Crippen LogP) is -1.79. The molecule has 0 aliphatic heterocycles. The number of carbonyl (C=O) groups is 3. The van der Waals surface area contributed by atoms with Gasteiger partial charge in [0.15, 0.2) is 5.96 Å². The van der Waals surface area contributed by atoms with E-state index < -0.39 is 42.6 Å². The molecule has 0 fully saturated rings. The van der Waals surface area contributed by atoms with Gasteiger partial charge in [0.2, 0.25) is 0 Å². The monoisotopic (exact) mass is 438 g/mol. The first kappa shape index (κ1) is 32.2. The second-order valence-electron chi connectivity index (χ2n) is 6.31. The van der Waals surface area contributed by atoms with Crippen LogP contribution >= 0.6 is 0 Å². The minimum Gasteiger partial charge on any atom is -0.480 e. The Balaban J connectivity index is -0.000000383. The Labute approximate surface area is 176 Å². The van der Waals surface area contributed by atoms with E-state index in [2.05, 4.69) is 11.9 Å². The van der Waals surface area contributed by atoms with Crippen LogP contribution in [0.4, 0.5) is 0 Å². The van der Waals surface area contributed by atoms with Gasteiger partial charge in [-0.15, -0.1) is 0 Å². The number of aliphatic carboxylic acids is 3. The summed E-state index contributed by atoms with van der Waals surface area (Å²) in [5.74, 6) is -2.98. The van der Waals surface area contributed by atoms with E-state index >= 15 is 0 Å². The summed E-state index contributed by atoms with van der Waals surface area (Å²) < 4.78 is 0. The number of carboxylic acid groups (broad SMARTS) is 3. The number of aliphatic hydroxyl groups excluding tert-OH is 1. The van der Waals surface area contributed by atoms with E-state index in [9.17, 15) is 14.4 Å². The molecule has 0 amide bonds. The van der Waals surface area contributed by atoms with Crippen LogP contribution in [-0.2, 0) is 14.4 Å². The van der Waals surface area contributed by atoms with Crippen molar-refractivity contribution >= 4 is 23.9 Å². The number of hydrogen-bond acceptors (Lipinski definition) is 8. The SMILES string of the molecule is CCCCC[C@H](N)C(=O)O.NC(N)=NCCCC[C@H](N)C(=O)O.N[C@@H](CO)C(=O)O. The van der Waals surface area contributed by atoms with Gasteiger partial charge in [-0.2, -0.15) is 0 Å². The average Bonchev–Trinajstić information content (AvgIpc) is 2.67. The fourth-order valence-corrected chi connectivity index (χ4v) is 1.62. The molecule has 0 unspecified atom stereocenters. The molecule has 30 heavy (non-hydrogen) atoms. The normalized spacial score (nSPS) is 12.7. The maximum atomic E-state index is 10.3. The highest BCUT2D eigenvalue weighted by atomic mass is 16.4. The van der Waals surface area contributed by atoms with Crippen LogP contribution in [0.5, 0.6) is 0 Å². The van der Waals surface area contributed by atoms with Gasteiger partial charge in [-0.05, 0) is 25.7 Å². The van der Waals surface area contributed by atoms with Crippen molar-refractivity contribution in [2.45, 2.75) is 70.0 Å². The van der Waals surface area contributed by atoms with Gasteiger partial charge in [-0.3, -0.25) is 19.4 Å². The third kappa shape index (κ3) is 25.5. The lowest BCUT2D eigenvalue weighted by atomic mass is 10.1. The fourth-order valence-electron chi connectivity index (χ4n) is 1.62. The highest BCUT2D eigenvalue weighted by Crippen LogP contribution is 2.01. The van der Waals surface area contributed by atoms with Crippen molar-refractivity contribution in [3.8, 4) is 0 Å². The van der Waals surface area contributed by atoms with Crippen molar-refractivity contribution in [2.24, 2.45) is 33.7 Å². The molecule has 0 aromatic rings. The van der Waals surface area contributed by atoms with Crippen LogP contribution in [-0.4, -0.2) is 75.6 Å². The Morgan fingerprint density at radius 3 is 1.43 bits per heavy atom. The van der Waals surface area contributed by atoms with Crippen LogP contribution in [0.3, 0.4) is 0 Å². The molecule has 0 bridgehead atoms. The number of aliphatic hydroxyl groups is 1. The maximum Gasteiger partial charge on any atom is 0.322 e. The lowest BCUT2D eigenvalue weighted by Gasteiger charge is -2.04. The van der Waals surface area contributed by atoms with Gasteiger partial charge >= 0.3 is 17.9 Å². The van der Waals surface area contributed by atoms with Gasteiger partial charge < -0.3 is 49.1 Å². The minimum absolute atomic E-state index is 0.0579. The van der Waals surface area contributed by atoms with E-state index in [1.54, 1.807) is 0 Å². The van der Waals surface area contributed by atoms with Crippen molar-refractivity contribution < 1.29 is 34.8 Å². The second kappa shape index (κ2) is 21.2. The Hall–Kier alpha value is -2.48. The van der Waals surface area contributed by atoms with Crippen molar-refractivity contribution in [2.75, 3.05) is 13.2 Å². The summed E-state index contributed by atoms with van der Waals surface area (Å²) in [6.45, 7) is 2.09. The summed E-state index contributed by atoms with van der Waals surface area (Å²) in [7, 11) is 0. The first-order chi connectivity index (χ1) is 13.9. The molecule has 0 aliphatic carbocycles. The predicted molar refractivity (Wildman–Crippen MR) is 113 cm³/mol. The summed E-state index contributed by atoms with van der Waals surface area (Å²) in [6.07, 6.45) is 5.61. The Morgan fingerprint density at radius 2 is 1.17 bits per heavy atom. The molecule has 0 spiro atoms. The molecule has 0 radical (unpaired) electrons. The van der Waals surface area contributed by atoms with Gasteiger partial charge in [0.25, 0.3) is 0 Å². The van der Waals surface area contributed by atoms with E-state index in [1.165, 1.54) is 0 Å². The van der Waals surface area contributed by atoms with Crippen LogP contribution in [0.25, 0.3) is 0 Å². The van der Waals surface area contributed by atoms with E-state index in [4.69, 9.17) is 49.1 Å². The van der Waals surface area contributed by atoms with Crippen LogP contribution in [0.1, 0.15) is 51.9 Å². The summed E-state index contributed by atoms with van der Waals surface area (Å²) in [5.41, 5.74) is 25.5. The quantitative estimate of drug-likeness (QED) is 0.0875. The molecule has 0 saturated carbocycles. The Kier molecular flexibility index (Phi) is 22.8. The molecule has 13 heteroatoms. The van der Waals surface area contributed by atoms with E-state index in [0.717, 1.165) is 25.7 Å². The van der Waals surface area contributed by atoms with E-state index in [-0.39, 0.29) is 5.96 Å². The average molecular weight is 439 g/mol. The van der Waals surface area contributed by atoms with Crippen molar-refractivity contribution in [3.05, 3.63) is 0 Å². The molecule has 0 heterocycles. The molecule has 13 nitrogen and oxygen atoms in total. The van der Waals surface area contributed by atoms with Crippen molar-refractivity contribution in [1.29, 1.82) is 0 Å². The lowest BCUT2D eigenvalue weighted by Crippen LogP contribution is -2.33. The first-order valence-electron chi connectivity index (χ1n) is 9.51. The number of nitrogens with two attached hydrogens (primary N) is 5. The third-order valence-electron chi connectivity index (χ3n) is 3.48. The zero-order valence-corrected chi connectivity index (χ0v) is 17.4. The molecule has 14 N–H and O–H groups in total. The Morgan fingerprint density at radius 1 is 0.767 bits per heavy atom. The molecule has 0 aromatic heterocycles. The Bertz CT molecular complexity index is 501. The number of hydrogen-bond donors (Lipinski definition) is 9. The molecular formula is C17H38N6O7. The number of carboxylic acids is 3. The van der Waals surface area contributed by atoms with Gasteiger partial charge in [0.1, 0.15) is 18.1 Å². The highest BCUT2D eigenvalue weighted by Gasteiger charge is 2.10. The third-order valence-corrected chi connectivity index (χ3v) is 3.48. The smallest absolute Gasteiger partial charge is 0.322 e. The van der Waals surface area contributed by atoms with Crippen LogP contribution in [0, 0.1) is 0 Å². The number of aliphatic imine (C=N–C) groups is 1. The maximum absolute atomic E-state index is 10.3. The van der Waals surface area contributed by atoms with E-state index in [1.807, 2.05) is 0 Å². The topological polar surface area (TPSA) is 275 Å². The summed E-state index contributed by atoms with van der Waals surface area (Å²) in [5, 5.41) is 32.7. The molecule has 0 aromatic carbocycles. The van der Waals surface area contributed by atoms with Crippen LogP contribution < -0.4 is 28.7 Å². The van der Waals surface area contributed by atoms with Gasteiger partial charge in [-0.1, -0.05) is 26.2 Å². The summed E-state index contributed by atoms with van der Waals surface area (Å²) in [4.78, 5) is 33.8. The standard InChI is InChI=1S/C7H16N4O2.C7H15NO2.C3H7NO3/c8-5(6(12)13)3-1-2-4-11-7(9)10;1-2-3-4-5-6(8)7(9)10;4-2(1-5)3(6)7/h5H,1-4,8H2,(H,12,13)(H4,9,10,11);6H,2-5,8H2,1H3,(H,9,10);2,5H,1,4H2,(H,6,7)/t5-;6-;2-/m000/s1.